The van der Waals surface area contributed by atoms with Crippen molar-refractivity contribution >= 4 is 20.1 Å². The Kier molecular flexibility index (Phi) is 7.31. The normalized spacial score (nSPS) is 12.0. The van der Waals surface area contributed by atoms with Gasteiger partial charge in [0.2, 0.25) is 0 Å². The van der Waals surface area contributed by atoms with Crippen LogP contribution in [0.1, 0.15) is 43.2 Å². The molecule has 1 heterocycles. The van der Waals surface area contributed by atoms with Crippen LogP contribution < -0.4 is 9.64 Å². The van der Waals surface area contributed by atoms with E-state index in [1.165, 1.54) is 4.90 Å². The zero-order chi connectivity index (χ0) is 22.7. The van der Waals surface area contributed by atoms with Crippen LogP contribution in [0.5, 0.6) is 5.75 Å². The van der Waals surface area contributed by atoms with Crippen molar-refractivity contribution in [3.05, 3.63) is 52.8 Å². The minimum absolute atomic E-state index is 0.116. The van der Waals surface area contributed by atoms with Gasteiger partial charge in [0.1, 0.15) is 5.75 Å². The molecular formula is C23H34N2O4Si. The highest BCUT2D eigenvalue weighted by Gasteiger charge is 2.37. The second-order valence-corrected chi connectivity index (χ2v) is 13.9. The van der Waals surface area contributed by atoms with Gasteiger partial charge in [0.15, 0.2) is 8.32 Å². The van der Waals surface area contributed by atoms with Gasteiger partial charge in [-0.05, 0) is 49.7 Å². The fourth-order valence-corrected chi connectivity index (χ4v) is 3.90. The Hall–Kier alpha value is -2.38. The summed E-state index contributed by atoms with van der Waals surface area (Å²) in [4.78, 5) is 17.8. The highest BCUT2D eigenvalue weighted by molar-refractivity contribution is 6.74. The zero-order valence-corrected chi connectivity index (χ0v) is 20.4. The number of carboxylic acid groups (broad SMARTS) is 1. The molecule has 0 radical (unpaired) electrons. The molecule has 1 aromatic heterocycles. The van der Waals surface area contributed by atoms with Crippen LogP contribution in [0.15, 0.2) is 30.5 Å². The molecule has 0 fully saturated rings. The van der Waals surface area contributed by atoms with Gasteiger partial charge in [0.05, 0.1) is 26.0 Å². The summed E-state index contributed by atoms with van der Waals surface area (Å²) in [5.41, 5.74) is 3.99. The number of amides is 1. The van der Waals surface area contributed by atoms with Gasteiger partial charge in [-0.25, -0.2) is 4.79 Å². The van der Waals surface area contributed by atoms with Crippen molar-refractivity contribution in [2.24, 2.45) is 0 Å². The van der Waals surface area contributed by atoms with E-state index in [1.54, 1.807) is 19.4 Å². The summed E-state index contributed by atoms with van der Waals surface area (Å²) in [6.07, 6.45) is 0.684. The molecule has 30 heavy (non-hydrogen) atoms. The molecule has 1 amide bonds. The van der Waals surface area contributed by atoms with E-state index in [0.717, 1.165) is 22.4 Å². The predicted molar refractivity (Wildman–Crippen MR) is 123 cm³/mol. The highest BCUT2D eigenvalue weighted by atomic mass is 28.4. The first-order valence-corrected chi connectivity index (χ1v) is 13.0. The summed E-state index contributed by atoms with van der Waals surface area (Å²) in [6, 6.07) is 7.51. The number of aromatic nitrogens is 1. The minimum atomic E-state index is -1.89. The number of aryl methyl sites for hydroxylation is 1. The molecule has 0 unspecified atom stereocenters. The lowest BCUT2D eigenvalue weighted by atomic mass is 10.1. The number of pyridine rings is 1. The van der Waals surface area contributed by atoms with Crippen LogP contribution in [0.4, 0.5) is 10.5 Å². The first kappa shape index (κ1) is 23.9. The first-order valence-electron chi connectivity index (χ1n) is 10.1. The van der Waals surface area contributed by atoms with Crippen LogP contribution in [0.25, 0.3) is 0 Å². The first-order chi connectivity index (χ1) is 13.9. The lowest BCUT2D eigenvalue weighted by molar-refractivity contribution is 0.201. The maximum Gasteiger partial charge on any atom is 0.412 e. The second-order valence-electron chi connectivity index (χ2n) is 9.13. The van der Waals surface area contributed by atoms with Crippen LogP contribution >= 0.6 is 0 Å². The molecule has 7 heteroatoms. The van der Waals surface area contributed by atoms with Gasteiger partial charge >= 0.3 is 6.09 Å². The van der Waals surface area contributed by atoms with Gasteiger partial charge in [-0.2, -0.15) is 0 Å². The third-order valence-corrected chi connectivity index (χ3v) is 10.4. The van der Waals surface area contributed by atoms with Gasteiger partial charge in [-0.3, -0.25) is 9.88 Å². The molecule has 0 saturated heterocycles. The molecule has 2 rings (SSSR count). The van der Waals surface area contributed by atoms with Crippen LogP contribution in [0.3, 0.4) is 0 Å². The number of hydrogen-bond acceptors (Lipinski definition) is 4. The monoisotopic (exact) mass is 430 g/mol. The van der Waals surface area contributed by atoms with E-state index in [0.29, 0.717) is 18.0 Å². The highest BCUT2D eigenvalue weighted by Crippen LogP contribution is 2.37. The maximum atomic E-state index is 12.0. The smallest absolute Gasteiger partial charge is 0.412 e. The molecule has 0 aliphatic heterocycles. The molecule has 0 aliphatic carbocycles. The summed E-state index contributed by atoms with van der Waals surface area (Å²) in [5, 5.41) is 9.98. The number of carbonyl (C=O) groups is 1. The predicted octanol–water partition coefficient (Wildman–Crippen LogP) is 5.91. The molecule has 0 aliphatic rings. The Morgan fingerprint density at radius 2 is 1.90 bits per heavy atom. The molecular weight excluding hydrogens is 396 g/mol. The minimum Gasteiger partial charge on any atom is -0.496 e. The van der Waals surface area contributed by atoms with Gasteiger partial charge in [0, 0.05) is 23.0 Å². The molecule has 0 bridgehead atoms. The Bertz CT molecular complexity index is 907. The summed E-state index contributed by atoms with van der Waals surface area (Å²) in [7, 11) is -0.281. The average molecular weight is 431 g/mol. The lowest BCUT2D eigenvalue weighted by Crippen LogP contribution is -2.40. The van der Waals surface area contributed by atoms with E-state index in [-0.39, 0.29) is 11.6 Å². The number of benzene rings is 1. The number of hydrogen-bond donors (Lipinski definition) is 1. The van der Waals surface area contributed by atoms with Crippen molar-refractivity contribution in [2.75, 3.05) is 12.0 Å². The van der Waals surface area contributed by atoms with Crippen LogP contribution in [-0.2, 0) is 17.6 Å². The zero-order valence-electron chi connectivity index (χ0n) is 19.4. The Morgan fingerprint density at radius 1 is 1.23 bits per heavy atom. The number of anilines is 1. The van der Waals surface area contributed by atoms with Gasteiger partial charge in [-0.1, -0.05) is 32.9 Å². The van der Waals surface area contributed by atoms with Crippen molar-refractivity contribution in [1.82, 2.24) is 4.98 Å². The standard InChI is InChI=1S/C23H34N2O4Si/c1-16-13-24-20(17(2)21(16)28-6)14-25(22(26)27)19-11-9-10-18(12-19)15-29-30(7,8)23(3,4)5/h9-13H,14-15H2,1-8H3,(H,26,27). The lowest BCUT2D eigenvalue weighted by Gasteiger charge is -2.36. The molecule has 1 N–H and O–H groups in total. The maximum absolute atomic E-state index is 12.0. The Morgan fingerprint density at radius 3 is 2.47 bits per heavy atom. The largest absolute Gasteiger partial charge is 0.496 e. The number of rotatable bonds is 7. The number of ether oxygens (including phenoxy) is 1. The fraction of sp³-hybridized carbons (Fsp3) is 0.478. The van der Waals surface area contributed by atoms with Gasteiger partial charge in [-0.15, -0.1) is 0 Å². The molecule has 0 atom stereocenters. The average Bonchev–Trinajstić information content (AvgIpc) is 2.65. The second kappa shape index (κ2) is 9.18. The van der Waals surface area contributed by atoms with Crippen molar-refractivity contribution in [2.45, 2.75) is 65.9 Å². The topological polar surface area (TPSA) is 71.9 Å². The Labute approximate surface area is 181 Å². The van der Waals surface area contributed by atoms with Crippen molar-refractivity contribution in [1.29, 1.82) is 0 Å². The van der Waals surface area contributed by atoms with Crippen LogP contribution in [0.2, 0.25) is 18.1 Å². The van der Waals surface area contributed by atoms with Crippen LogP contribution in [0, 0.1) is 13.8 Å². The summed E-state index contributed by atoms with van der Waals surface area (Å²) in [6.45, 7) is 15.4. The van der Waals surface area contributed by atoms with E-state index >= 15 is 0 Å². The van der Waals surface area contributed by atoms with Crippen molar-refractivity contribution in [3.8, 4) is 5.75 Å². The van der Waals surface area contributed by atoms with E-state index < -0.39 is 14.4 Å². The van der Waals surface area contributed by atoms with Crippen molar-refractivity contribution in [3.63, 3.8) is 0 Å². The van der Waals surface area contributed by atoms with Gasteiger partial charge < -0.3 is 14.3 Å². The molecule has 164 valence electrons. The van der Waals surface area contributed by atoms with E-state index in [2.05, 4.69) is 38.8 Å². The fourth-order valence-electron chi connectivity index (χ4n) is 2.94. The quantitative estimate of drug-likeness (QED) is 0.553. The number of methoxy groups -OCH3 is 1. The van der Waals surface area contributed by atoms with E-state index in [9.17, 15) is 9.90 Å². The molecule has 0 saturated carbocycles. The Balaban J connectivity index is 2.28. The van der Waals surface area contributed by atoms with E-state index in [4.69, 9.17) is 9.16 Å². The molecule has 6 nitrogen and oxygen atoms in total. The number of nitrogens with zero attached hydrogens (tertiary/aromatic N) is 2. The summed E-state index contributed by atoms with van der Waals surface area (Å²) >= 11 is 0. The van der Waals surface area contributed by atoms with Gasteiger partial charge in [0.25, 0.3) is 0 Å². The molecule has 2 aromatic rings. The third-order valence-electron chi connectivity index (χ3n) is 5.92. The van der Waals surface area contributed by atoms with Crippen LogP contribution in [-0.4, -0.2) is 31.6 Å². The third kappa shape index (κ3) is 5.40. The van der Waals surface area contributed by atoms with Crippen molar-refractivity contribution < 1.29 is 19.1 Å². The summed E-state index contributed by atoms with van der Waals surface area (Å²) < 4.78 is 11.8. The van der Waals surface area contributed by atoms with E-state index in [1.807, 2.05) is 32.0 Å². The summed E-state index contributed by atoms with van der Waals surface area (Å²) in [5.74, 6) is 0.738. The SMILES string of the molecule is COc1c(C)cnc(CN(C(=O)O)c2cccc(CO[Si](C)(C)C(C)(C)C)c2)c1C. The molecule has 1 aromatic carbocycles. The molecule has 0 spiro atoms.